The largest absolute Gasteiger partial charge is 0.481 e. The van der Waals surface area contributed by atoms with Gasteiger partial charge in [-0.15, -0.1) is 0 Å². The number of carbonyl (C=O) groups excluding carboxylic acids is 2. The lowest BCUT2D eigenvalue weighted by Gasteiger charge is -2.35. The van der Waals surface area contributed by atoms with E-state index < -0.39 is 12.0 Å². The predicted octanol–water partition coefficient (Wildman–Crippen LogP) is -0.229. The first-order valence-corrected chi connectivity index (χ1v) is 6.60. The number of amides is 3. The normalized spacial score (nSPS) is 20.8. The first-order chi connectivity index (χ1) is 9.04. The third-order valence-corrected chi connectivity index (χ3v) is 3.62. The van der Waals surface area contributed by atoms with Crippen LogP contribution in [0.15, 0.2) is 0 Å². The lowest BCUT2D eigenvalue weighted by molar-refractivity contribution is -0.148. The maximum Gasteiger partial charge on any atom is 0.321 e. The third kappa shape index (κ3) is 3.92. The van der Waals surface area contributed by atoms with Crippen molar-refractivity contribution in [3.63, 3.8) is 0 Å². The lowest BCUT2D eigenvalue weighted by Crippen LogP contribution is -2.55. The summed E-state index contributed by atoms with van der Waals surface area (Å²) >= 11 is 0. The number of carbonyl (C=O) groups is 3. The molecule has 0 aromatic carbocycles. The molecule has 0 aromatic heterocycles. The minimum absolute atomic E-state index is 0.0713. The van der Waals surface area contributed by atoms with Crippen molar-refractivity contribution in [3.05, 3.63) is 0 Å². The molecule has 0 aromatic rings. The summed E-state index contributed by atoms with van der Waals surface area (Å²) in [6.07, 6.45) is 4.16. The van der Waals surface area contributed by atoms with E-state index in [1.165, 1.54) is 0 Å². The maximum atomic E-state index is 11.5. The average Bonchev–Trinajstić information content (AvgIpc) is 2.74. The SMILES string of the molecule is O=C(CN1CC(C(=O)O)C1)NC(=O)NC1CCCC1. The monoisotopic (exact) mass is 269 g/mol. The number of nitrogens with one attached hydrogen (secondary N) is 2. The Balaban J connectivity index is 1.61. The molecule has 0 unspecified atom stereocenters. The van der Waals surface area contributed by atoms with Gasteiger partial charge in [0.2, 0.25) is 5.91 Å². The van der Waals surface area contributed by atoms with Crippen molar-refractivity contribution in [2.75, 3.05) is 19.6 Å². The van der Waals surface area contributed by atoms with Crippen LogP contribution in [0.4, 0.5) is 4.79 Å². The highest BCUT2D eigenvalue weighted by atomic mass is 16.4. The molecule has 0 radical (unpaired) electrons. The Kier molecular flexibility index (Phi) is 4.36. The van der Waals surface area contributed by atoms with Crippen molar-refractivity contribution in [3.8, 4) is 0 Å². The number of hydrogen-bond acceptors (Lipinski definition) is 4. The fourth-order valence-electron chi connectivity index (χ4n) is 2.52. The molecule has 0 spiro atoms. The van der Waals surface area contributed by atoms with Crippen molar-refractivity contribution >= 4 is 17.9 Å². The molecule has 19 heavy (non-hydrogen) atoms. The molecule has 7 nitrogen and oxygen atoms in total. The molecule has 0 bridgehead atoms. The highest BCUT2D eigenvalue weighted by Crippen LogP contribution is 2.17. The smallest absolute Gasteiger partial charge is 0.321 e. The molecule has 3 N–H and O–H groups in total. The quantitative estimate of drug-likeness (QED) is 0.655. The van der Waals surface area contributed by atoms with Crippen LogP contribution in [0.2, 0.25) is 0 Å². The van der Waals surface area contributed by atoms with Crippen LogP contribution in [0.5, 0.6) is 0 Å². The zero-order valence-electron chi connectivity index (χ0n) is 10.7. The molecule has 1 aliphatic carbocycles. The number of likely N-dealkylation sites (tertiary alicyclic amines) is 1. The minimum Gasteiger partial charge on any atom is -0.481 e. The van der Waals surface area contributed by atoms with Crippen LogP contribution in [0, 0.1) is 5.92 Å². The summed E-state index contributed by atoms with van der Waals surface area (Å²) in [6, 6.07) is -0.277. The molecule has 2 aliphatic rings. The van der Waals surface area contributed by atoms with Crippen molar-refractivity contribution in [2.24, 2.45) is 5.92 Å². The van der Waals surface area contributed by atoms with Gasteiger partial charge >= 0.3 is 12.0 Å². The summed E-state index contributed by atoms with van der Waals surface area (Å²) in [5, 5.41) is 13.7. The van der Waals surface area contributed by atoms with Gasteiger partial charge in [0.15, 0.2) is 0 Å². The molecule has 3 amide bonds. The number of rotatable bonds is 4. The van der Waals surface area contributed by atoms with Gasteiger partial charge in [-0.1, -0.05) is 12.8 Å². The number of urea groups is 1. The summed E-state index contributed by atoms with van der Waals surface area (Å²) in [5.41, 5.74) is 0. The molecule has 1 aliphatic heterocycles. The Hall–Kier alpha value is -1.63. The van der Waals surface area contributed by atoms with Gasteiger partial charge in [0.1, 0.15) is 0 Å². The van der Waals surface area contributed by atoms with Crippen LogP contribution in [-0.2, 0) is 9.59 Å². The van der Waals surface area contributed by atoms with E-state index in [0.29, 0.717) is 13.1 Å². The van der Waals surface area contributed by atoms with E-state index in [4.69, 9.17) is 5.11 Å². The van der Waals surface area contributed by atoms with Gasteiger partial charge in [-0.2, -0.15) is 0 Å². The van der Waals surface area contributed by atoms with Gasteiger partial charge in [0.25, 0.3) is 0 Å². The van der Waals surface area contributed by atoms with Gasteiger partial charge in [-0.25, -0.2) is 4.79 Å². The molecular formula is C12H19N3O4. The fraction of sp³-hybridized carbons (Fsp3) is 0.750. The third-order valence-electron chi connectivity index (χ3n) is 3.62. The number of carboxylic acid groups (broad SMARTS) is 1. The van der Waals surface area contributed by atoms with Crippen molar-refractivity contribution in [1.29, 1.82) is 0 Å². The highest BCUT2D eigenvalue weighted by molar-refractivity contribution is 5.95. The van der Waals surface area contributed by atoms with Crippen LogP contribution < -0.4 is 10.6 Å². The zero-order chi connectivity index (χ0) is 13.8. The first kappa shape index (κ1) is 13.8. The van der Waals surface area contributed by atoms with Crippen molar-refractivity contribution < 1.29 is 19.5 Å². The fourth-order valence-corrected chi connectivity index (χ4v) is 2.52. The molecule has 106 valence electrons. The van der Waals surface area contributed by atoms with Crippen molar-refractivity contribution in [2.45, 2.75) is 31.7 Å². The second kappa shape index (κ2) is 6.01. The molecule has 1 saturated heterocycles. The van der Waals surface area contributed by atoms with E-state index >= 15 is 0 Å². The van der Waals surface area contributed by atoms with Crippen LogP contribution in [-0.4, -0.2) is 53.6 Å². The molecule has 2 fully saturated rings. The Morgan fingerprint density at radius 1 is 1.16 bits per heavy atom. The number of nitrogens with zero attached hydrogens (tertiary/aromatic N) is 1. The minimum atomic E-state index is -0.837. The molecule has 7 heteroatoms. The van der Waals surface area contributed by atoms with Crippen LogP contribution in [0.3, 0.4) is 0 Å². The standard InChI is InChI=1S/C12H19N3O4/c16-10(7-15-5-8(6-15)11(17)18)14-12(19)13-9-3-1-2-4-9/h8-9H,1-7H2,(H,17,18)(H2,13,14,16,19). The molecular weight excluding hydrogens is 250 g/mol. The molecule has 0 atom stereocenters. The van der Waals surface area contributed by atoms with Gasteiger partial charge in [0, 0.05) is 19.1 Å². The number of imide groups is 1. The van der Waals surface area contributed by atoms with E-state index in [2.05, 4.69) is 10.6 Å². The lowest BCUT2D eigenvalue weighted by atomic mass is 10.0. The van der Waals surface area contributed by atoms with Gasteiger partial charge < -0.3 is 10.4 Å². The maximum absolute atomic E-state index is 11.5. The van der Waals surface area contributed by atoms with Gasteiger partial charge in [-0.3, -0.25) is 19.8 Å². The Bertz CT molecular complexity index is 373. The Morgan fingerprint density at radius 3 is 2.37 bits per heavy atom. The first-order valence-electron chi connectivity index (χ1n) is 6.60. The molecule has 1 heterocycles. The van der Waals surface area contributed by atoms with Gasteiger partial charge in [-0.05, 0) is 12.8 Å². The molecule has 2 rings (SSSR count). The van der Waals surface area contributed by atoms with Gasteiger partial charge in [0.05, 0.1) is 12.5 Å². The second-order valence-electron chi connectivity index (χ2n) is 5.23. The van der Waals surface area contributed by atoms with E-state index in [9.17, 15) is 14.4 Å². The topological polar surface area (TPSA) is 98.7 Å². The van der Waals surface area contributed by atoms with Crippen LogP contribution in [0.1, 0.15) is 25.7 Å². The summed E-state index contributed by atoms with van der Waals surface area (Å²) in [7, 11) is 0. The number of carboxylic acids is 1. The number of hydrogen-bond donors (Lipinski definition) is 3. The molecule has 1 saturated carbocycles. The summed E-state index contributed by atoms with van der Waals surface area (Å²) < 4.78 is 0. The zero-order valence-corrected chi connectivity index (χ0v) is 10.7. The van der Waals surface area contributed by atoms with E-state index in [-0.39, 0.29) is 24.4 Å². The van der Waals surface area contributed by atoms with Crippen LogP contribution in [0.25, 0.3) is 0 Å². The van der Waals surface area contributed by atoms with E-state index in [1.807, 2.05) is 0 Å². The van der Waals surface area contributed by atoms with E-state index in [1.54, 1.807) is 4.90 Å². The summed E-state index contributed by atoms with van der Waals surface area (Å²) in [5.74, 6) is -1.62. The predicted molar refractivity (Wildman–Crippen MR) is 66.5 cm³/mol. The Labute approximate surface area is 111 Å². The van der Waals surface area contributed by atoms with Crippen LogP contribution >= 0.6 is 0 Å². The highest BCUT2D eigenvalue weighted by Gasteiger charge is 2.33. The number of aliphatic carboxylic acids is 1. The van der Waals surface area contributed by atoms with E-state index in [0.717, 1.165) is 25.7 Å². The Morgan fingerprint density at radius 2 is 1.79 bits per heavy atom. The second-order valence-corrected chi connectivity index (χ2v) is 5.23. The average molecular weight is 269 g/mol. The van der Waals surface area contributed by atoms with Crippen molar-refractivity contribution in [1.82, 2.24) is 15.5 Å². The summed E-state index contributed by atoms with van der Waals surface area (Å²) in [6.45, 7) is 0.807. The summed E-state index contributed by atoms with van der Waals surface area (Å²) in [4.78, 5) is 35.4.